The van der Waals surface area contributed by atoms with E-state index in [1.54, 1.807) is 11.0 Å². The van der Waals surface area contributed by atoms with Crippen LogP contribution in [-0.4, -0.2) is 47.1 Å². The molecule has 0 aliphatic heterocycles. The van der Waals surface area contributed by atoms with Crippen molar-refractivity contribution in [1.82, 2.24) is 9.88 Å². The van der Waals surface area contributed by atoms with Gasteiger partial charge in [0.15, 0.2) is 0 Å². The van der Waals surface area contributed by atoms with Crippen molar-refractivity contribution in [3.63, 3.8) is 0 Å². The summed E-state index contributed by atoms with van der Waals surface area (Å²) in [6.07, 6.45) is 3.36. The molecule has 0 aromatic carbocycles. The van der Waals surface area contributed by atoms with Crippen molar-refractivity contribution < 1.29 is 9.90 Å². The number of aliphatic hydroxyl groups excluding tert-OH is 1. The summed E-state index contributed by atoms with van der Waals surface area (Å²) in [6.45, 7) is 5.61. The van der Waals surface area contributed by atoms with Crippen LogP contribution in [-0.2, 0) is 0 Å². The van der Waals surface area contributed by atoms with Crippen LogP contribution in [0.25, 0.3) is 0 Å². The van der Waals surface area contributed by atoms with E-state index in [2.05, 4.69) is 17.2 Å². The summed E-state index contributed by atoms with van der Waals surface area (Å²) in [4.78, 5) is 18.2. The molecule has 0 aliphatic carbocycles. The fraction of sp³-hybridized carbons (Fsp3) is 0.571. The number of amides is 1. The molecule has 0 bridgehead atoms. The Morgan fingerprint density at radius 1 is 1.45 bits per heavy atom. The van der Waals surface area contributed by atoms with Crippen molar-refractivity contribution >= 4 is 23.3 Å². The molecule has 1 heterocycles. The van der Waals surface area contributed by atoms with Crippen molar-refractivity contribution in [3.05, 3.63) is 22.8 Å². The molecule has 1 aromatic rings. The van der Waals surface area contributed by atoms with Crippen LogP contribution in [0.4, 0.5) is 5.82 Å². The van der Waals surface area contributed by atoms with Crippen LogP contribution in [0.2, 0.25) is 5.02 Å². The Kier molecular flexibility index (Phi) is 7.33. The molecule has 0 aliphatic rings. The zero-order valence-electron chi connectivity index (χ0n) is 12.0. The van der Waals surface area contributed by atoms with Gasteiger partial charge < -0.3 is 15.3 Å². The number of carbonyl (C=O) groups is 1. The van der Waals surface area contributed by atoms with Crippen molar-refractivity contribution in [2.75, 3.05) is 31.6 Å². The first kappa shape index (κ1) is 16.7. The number of carbonyl (C=O) groups excluding carboxylic acids is 1. The summed E-state index contributed by atoms with van der Waals surface area (Å²) in [5.74, 6) is 0.457. The summed E-state index contributed by atoms with van der Waals surface area (Å²) >= 11 is 6.07. The van der Waals surface area contributed by atoms with Gasteiger partial charge in [-0.05, 0) is 19.4 Å². The molecule has 6 heteroatoms. The van der Waals surface area contributed by atoms with Gasteiger partial charge in [-0.2, -0.15) is 0 Å². The molecule has 0 fully saturated rings. The van der Waals surface area contributed by atoms with Gasteiger partial charge in [0.25, 0.3) is 5.91 Å². The van der Waals surface area contributed by atoms with Gasteiger partial charge in [-0.3, -0.25) is 4.79 Å². The normalized spacial score (nSPS) is 10.4. The number of halogens is 1. The fourth-order valence-electron chi connectivity index (χ4n) is 1.84. The lowest BCUT2D eigenvalue weighted by molar-refractivity contribution is 0.0719. The monoisotopic (exact) mass is 299 g/mol. The van der Waals surface area contributed by atoms with Crippen LogP contribution in [0.5, 0.6) is 0 Å². The first-order valence-corrected chi connectivity index (χ1v) is 7.31. The average Bonchev–Trinajstić information content (AvgIpc) is 2.45. The molecule has 0 atom stereocenters. The van der Waals surface area contributed by atoms with Crippen LogP contribution < -0.4 is 5.32 Å². The Morgan fingerprint density at radius 3 is 2.80 bits per heavy atom. The van der Waals surface area contributed by atoms with Gasteiger partial charge >= 0.3 is 0 Å². The SMILES string of the molecule is CCCCN(CCO)C(=O)c1cc(NCC)ncc1Cl. The van der Waals surface area contributed by atoms with Crippen molar-refractivity contribution in [1.29, 1.82) is 0 Å². The Bertz CT molecular complexity index is 440. The minimum Gasteiger partial charge on any atom is -0.395 e. The predicted molar refractivity (Wildman–Crippen MR) is 81.3 cm³/mol. The molecule has 1 amide bonds. The standard InChI is InChI=1S/C14H22ClN3O2/c1-3-5-6-18(7-8-19)14(20)11-9-13(16-4-2)17-10-12(11)15/h9-10,19H,3-8H2,1-2H3,(H,16,17). The zero-order valence-corrected chi connectivity index (χ0v) is 12.8. The molecule has 0 unspecified atom stereocenters. The molecule has 20 heavy (non-hydrogen) atoms. The number of hydrogen-bond acceptors (Lipinski definition) is 4. The summed E-state index contributed by atoms with van der Waals surface area (Å²) < 4.78 is 0. The lowest BCUT2D eigenvalue weighted by atomic mass is 10.2. The van der Waals surface area contributed by atoms with E-state index in [4.69, 9.17) is 16.7 Å². The number of aliphatic hydroxyl groups is 1. The quantitative estimate of drug-likeness (QED) is 0.773. The maximum absolute atomic E-state index is 12.5. The Hall–Kier alpha value is -1.33. The van der Waals surface area contributed by atoms with Gasteiger partial charge in [-0.15, -0.1) is 0 Å². The first-order chi connectivity index (χ1) is 9.63. The lowest BCUT2D eigenvalue weighted by Crippen LogP contribution is -2.34. The molecule has 112 valence electrons. The van der Waals surface area contributed by atoms with Crippen molar-refractivity contribution in [3.8, 4) is 0 Å². The summed E-state index contributed by atoms with van der Waals surface area (Å²) in [5.41, 5.74) is 0.419. The molecule has 0 saturated heterocycles. The van der Waals surface area contributed by atoms with Gasteiger partial charge in [-0.1, -0.05) is 24.9 Å². The largest absolute Gasteiger partial charge is 0.395 e. The predicted octanol–water partition coefficient (Wildman–Crippen LogP) is 2.40. The topological polar surface area (TPSA) is 65.5 Å². The van der Waals surface area contributed by atoms with E-state index < -0.39 is 0 Å². The highest BCUT2D eigenvalue weighted by Gasteiger charge is 2.18. The smallest absolute Gasteiger partial charge is 0.255 e. The van der Waals surface area contributed by atoms with Gasteiger partial charge in [0, 0.05) is 25.8 Å². The average molecular weight is 300 g/mol. The van der Waals surface area contributed by atoms with Crippen LogP contribution in [0.3, 0.4) is 0 Å². The van der Waals surface area contributed by atoms with E-state index in [0.717, 1.165) is 19.4 Å². The molecule has 0 spiro atoms. The Balaban J connectivity index is 2.94. The van der Waals surface area contributed by atoms with Gasteiger partial charge in [-0.25, -0.2) is 4.98 Å². The summed E-state index contributed by atoms with van der Waals surface area (Å²) in [7, 11) is 0. The van der Waals surface area contributed by atoms with E-state index in [-0.39, 0.29) is 12.5 Å². The molecule has 1 rings (SSSR count). The van der Waals surface area contributed by atoms with Crippen molar-refractivity contribution in [2.45, 2.75) is 26.7 Å². The third-order valence-electron chi connectivity index (χ3n) is 2.88. The van der Waals surface area contributed by atoms with E-state index in [9.17, 15) is 4.79 Å². The molecule has 2 N–H and O–H groups in total. The minimum absolute atomic E-state index is 0.0573. The van der Waals surface area contributed by atoms with Crippen molar-refractivity contribution in [2.24, 2.45) is 0 Å². The number of nitrogens with zero attached hydrogens (tertiary/aromatic N) is 2. The van der Waals surface area contributed by atoms with Crippen LogP contribution in [0, 0.1) is 0 Å². The number of anilines is 1. The number of unbranched alkanes of at least 4 members (excludes halogenated alkanes) is 1. The highest BCUT2D eigenvalue weighted by Crippen LogP contribution is 2.20. The third-order valence-corrected chi connectivity index (χ3v) is 3.18. The van der Waals surface area contributed by atoms with E-state index in [1.165, 1.54) is 6.20 Å². The van der Waals surface area contributed by atoms with Crippen LogP contribution in [0.15, 0.2) is 12.3 Å². The Morgan fingerprint density at radius 2 is 2.20 bits per heavy atom. The first-order valence-electron chi connectivity index (χ1n) is 6.93. The van der Waals surface area contributed by atoms with Gasteiger partial charge in [0.1, 0.15) is 5.82 Å². The maximum atomic E-state index is 12.5. The molecule has 0 radical (unpaired) electrons. The Labute approximate surface area is 125 Å². The molecule has 5 nitrogen and oxygen atoms in total. The molecule has 0 saturated carbocycles. The second-order valence-electron chi connectivity index (χ2n) is 4.45. The highest BCUT2D eigenvalue weighted by molar-refractivity contribution is 6.33. The lowest BCUT2D eigenvalue weighted by Gasteiger charge is -2.22. The summed E-state index contributed by atoms with van der Waals surface area (Å²) in [6, 6.07) is 1.66. The number of rotatable bonds is 8. The highest BCUT2D eigenvalue weighted by atomic mass is 35.5. The molecule has 1 aromatic heterocycles. The van der Waals surface area contributed by atoms with Gasteiger partial charge in [0.2, 0.25) is 0 Å². The fourth-order valence-corrected chi connectivity index (χ4v) is 2.02. The maximum Gasteiger partial charge on any atom is 0.255 e. The molecular formula is C14H22ClN3O2. The second kappa shape index (κ2) is 8.76. The number of nitrogens with one attached hydrogen (secondary N) is 1. The van der Waals surface area contributed by atoms with E-state index >= 15 is 0 Å². The number of aromatic nitrogens is 1. The number of hydrogen-bond donors (Lipinski definition) is 2. The third kappa shape index (κ3) is 4.65. The summed E-state index contributed by atoms with van der Waals surface area (Å²) in [5, 5.41) is 12.5. The van der Waals surface area contributed by atoms with E-state index in [0.29, 0.717) is 29.5 Å². The van der Waals surface area contributed by atoms with Gasteiger partial charge in [0.05, 0.1) is 17.2 Å². The minimum atomic E-state index is -0.168. The van der Waals surface area contributed by atoms with E-state index in [1.807, 2.05) is 6.92 Å². The van der Waals surface area contributed by atoms with Crippen LogP contribution in [0.1, 0.15) is 37.0 Å². The number of pyridine rings is 1. The zero-order chi connectivity index (χ0) is 15.0. The van der Waals surface area contributed by atoms with Crippen LogP contribution >= 0.6 is 11.6 Å². The molecular weight excluding hydrogens is 278 g/mol. The second-order valence-corrected chi connectivity index (χ2v) is 4.86.